The van der Waals surface area contributed by atoms with Crippen molar-refractivity contribution in [3.8, 4) is 6.07 Å². The van der Waals surface area contributed by atoms with Gasteiger partial charge in [-0.3, -0.25) is 4.79 Å². The molecule has 1 heterocycles. The van der Waals surface area contributed by atoms with Gasteiger partial charge >= 0.3 is 0 Å². The molecule has 0 fully saturated rings. The molecule has 1 unspecified atom stereocenters. The van der Waals surface area contributed by atoms with Crippen LogP contribution in [0.4, 0.5) is 0 Å². The van der Waals surface area contributed by atoms with Crippen molar-refractivity contribution in [2.75, 3.05) is 6.54 Å². The van der Waals surface area contributed by atoms with E-state index in [2.05, 4.69) is 10.3 Å². The van der Waals surface area contributed by atoms with Gasteiger partial charge in [-0.2, -0.15) is 5.26 Å². The van der Waals surface area contributed by atoms with Crippen LogP contribution in [0.15, 0.2) is 12.3 Å². The molecule has 0 aromatic carbocycles. The van der Waals surface area contributed by atoms with Gasteiger partial charge in [0.05, 0.1) is 11.7 Å². The molecule has 1 aromatic heterocycles. The molecule has 16 heavy (non-hydrogen) atoms. The van der Waals surface area contributed by atoms with Gasteiger partial charge in [0.2, 0.25) is 0 Å². The maximum atomic E-state index is 11.5. The van der Waals surface area contributed by atoms with E-state index in [0.717, 1.165) is 6.42 Å². The van der Waals surface area contributed by atoms with E-state index in [1.54, 1.807) is 0 Å². The molecular weight excluding hydrogens is 206 g/mol. The van der Waals surface area contributed by atoms with Crippen LogP contribution in [0.3, 0.4) is 0 Å². The first-order valence-corrected chi connectivity index (χ1v) is 5.22. The average molecular weight is 221 g/mol. The molecular formula is C11H15N3O2. The van der Waals surface area contributed by atoms with Crippen molar-refractivity contribution >= 4 is 5.91 Å². The fourth-order valence-corrected chi connectivity index (χ4v) is 1.34. The normalized spacial score (nSPS) is 11.8. The zero-order valence-electron chi connectivity index (χ0n) is 9.16. The SMILES string of the molecule is CCCC(O)CNC(=O)c1c[nH]c(C#N)c1. The van der Waals surface area contributed by atoms with Crippen molar-refractivity contribution in [1.29, 1.82) is 5.26 Å². The number of aliphatic hydroxyl groups is 1. The molecule has 86 valence electrons. The molecule has 5 nitrogen and oxygen atoms in total. The molecule has 0 bridgehead atoms. The Morgan fingerprint density at radius 1 is 1.75 bits per heavy atom. The summed E-state index contributed by atoms with van der Waals surface area (Å²) in [6, 6.07) is 3.38. The Morgan fingerprint density at radius 2 is 2.50 bits per heavy atom. The van der Waals surface area contributed by atoms with Crippen LogP contribution in [-0.2, 0) is 0 Å². The van der Waals surface area contributed by atoms with Crippen molar-refractivity contribution in [2.24, 2.45) is 0 Å². The van der Waals surface area contributed by atoms with Crippen molar-refractivity contribution in [2.45, 2.75) is 25.9 Å². The fourth-order valence-electron chi connectivity index (χ4n) is 1.34. The molecule has 1 atom stereocenters. The molecule has 5 heteroatoms. The molecule has 0 aliphatic rings. The Morgan fingerprint density at radius 3 is 3.06 bits per heavy atom. The van der Waals surface area contributed by atoms with Crippen LogP contribution >= 0.6 is 0 Å². The number of aromatic amines is 1. The largest absolute Gasteiger partial charge is 0.391 e. The first-order valence-electron chi connectivity index (χ1n) is 5.22. The molecule has 0 saturated heterocycles. The number of amides is 1. The molecule has 0 spiro atoms. The van der Waals surface area contributed by atoms with Crippen LogP contribution in [-0.4, -0.2) is 28.6 Å². The lowest BCUT2D eigenvalue weighted by Gasteiger charge is -2.09. The number of nitriles is 1. The van der Waals surface area contributed by atoms with Gasteiger partial charge in [-0.25, -0.2) is 0 Å². The zero-order chi connectivity index (χ0) is 12.0. The van der Waals surface area contributed by atoms with E-state index in [9.17, 15) is 9.90 Å². The van der Waals surface area contributed by atoms with E-state index in [1.807, 2.05) is 13.0 Å². The molecule has 0 aliphatic heterocycles. The summed E-state index contributed by atoms with van der Waals surface area (Å²) in [5.74, 6) is -0.284. The van der Waals surface area contributed by atoms with E-state index in [-0.39, 0.29) is 12.5 Å². The van der Waals surface area contributed by atoms with Gasteiger partial charge in [0.25, 0.3) is 5.91 Å². The highest BCUT2D eigenvalue weighted by molar-refractivity contribution is 5.94. The van der Waals surface area contributed by atoms with Gasteiger partial charge in [-0.1, -0.05) is 13.3 Å². The van der Waals surface area contributed by atoms with Crippen molar-refractivity contribution in [3.05, 3.63) is 23.5 Å². The minimum absolute atomic E-state index is 0.236. The number of carbonyl (C=O) groups is 1. The lowest BCUT2D eigenvalue weighted by atomic mass is 10.2. The summed E-state index contributed by atoms with van der Waals surface area (Å²) in [5.41, 5.74) is 0.750. The van der Waals surface area contributed by atoms with E-state index >= 15 is 0 Å². The monoisotopic (exact) mass is 221 g/mol. The number of nitrogens with one attached hydrogen (secondary N) is 2. The number of H-pyrrole nitrogens is 1. The van der Waals surface area contributed by atoms with Gasteiger partial charge in [0.15, 0.2) is 0 Å². The van der Waals surface area contributed by atoms with Gasteiger partial charge < -0.3 is 15.4 Å². The minimum Gasteiger partial charge on any atom is -0.391 e. The van der Waals surface area contributed by atoms with Crippen LogP contribution in [0.1, 0.15) is 35.8 Å². The lowest BCUT2D eigenvalue weighted by Crippen LogP contribution is -2.31. The predicted octanol–water partition coefficient (Wildman–Crippen LogP) is 0.777. The molecule has 0 aliphatic carbocycles. The minimum atomic E-state index is -0.511. The summed E-state index contributed by atoms with van der Waals surface area (Å²) in [6.45, 7) is 2.20. The van der Waals surface area contributed by atoms with Crippen molar-refractivity contribution in [1.82, 2.24) is 10.3 Å². The second kappa shape index (κ2) is 5.93. The molecule has 1 aromatic rings. The predicted molar refractivity (Wildman–Crippen MR) is 58.8 cm³/mol. The highest BCUT2D eigenvalue weighted by Crippen LogP contribution is 2.02. The number of hydrogen-bond acceptors (Lipinski definition) is 3. The van der Waals surface area contributed by atoms with Gasteiger partial charge in [-0.05, 0) is 12.5 Å². The summed E-state index contributed by atoms with van der Waals surface area (Å²) >= 11 is 0. The van der Waals surface area contributed by atoms with Gasteiger partial charge in [0, 0.05) is 12.7 Å². The standard InChI is InChI=1S/C11H15N3O2/c1-2-3-10(15)7-14-11(16)8-4-9(5-12)13-6-8/h4,6,10,13,15H,2-3,7H2,1H3,(H,14,16). The number of nitrogens with zero attached hydrogens (tertiary/aromatic N) is 1. The smallest absolute Gasteiger partial charge is 0.252 e. The first-order chi connectivity index (χ1) is 7.67. The van der Waals surface area contributed by atoms with Crippen LogP contribution in [0.5, 0.6) is 0 Å². The van der Waals surface area contributed by atoms with E-state index in [0.29, 0.717) is 17.7 Å². The van der Waals surface area contributed by atoms with Gasteiger partial charge in [0.1, 0.15) is 11.8 Å². The Hall–Kier alpha value is -1.80. The van der Waals surface area contributed by atoms with Crippen LogP contribution in [0.25, 0.3) is 0 Å². The third-order valence-electron chi connectivity index (χ3n) is 2.19. The topological polar surface area (TPSA) is 88.9 Å². The van der Waals surface area contributed by atoms with Crippen molar-refractivity contribution < 1.29 is 9.90 Å². The van der Waals surface area contributed by atoms with Gasteiger partial charge in [-0.15, -0.1) is 0 Å². The number of hydrogen-bond donors (Lipinski definition) is 3. The van der Waals surface area contributed by atoms with E-state index < -0.39 is 6.10 Å². The summed E-state index contributed by atoms with van der Waals surface area (Å²) < 4.78 is 0. The molecule has 0 radical (unpaired) electrons. The maximum Gasteiger partial charge on any atom is 0.252 e. The second-order valence-electron chi connectivity index (χ2n) is 3.57. The van der Waals surface area contributed by atoms with E-state index in [1.165, 1.54) is 12.3 Å². The third kappa shape index (κ3) is 3.41. The number of aromatic nitrogens is 1. The average Bonchev–Trinajstić information content (AvgIpc) is 2.75. The highest BCUT2D eigenvalue weighted by atomic mass is 16.3. The highest BCUT2D eigenvalue weighted by Gasteiger charge is 2.09. The Bertz CT molecular complexity index is 392. The van der Waals surface area contributed by atoms with Crippen LogP contribution in [0, 0.1) is 11.3 Å². The zero-order valence-corrected chi connectivity index (χ0v) is 9.16. The number of aliphatic hydroxyl groups excluding tert-OH is 1. The second-order valence-corrected chi connectivity index (χ2v) is 3.57. The van der Waals surface area contributed by atoms with Crippen LogP contribution in [0.2, 0.25) is 0 Å². The van der Waals surface area contributed by atoms with Crippen LogP contribution < -0.4 is 5.32 Å². The molecule has 1 rings (SSSR count). The Balaban J connectivity index is 2.44. The molecule has 1 amide bonds. The fraction of sp³-hybridized carbons (Fsp3) is 0.455. The summed E-state index contributed by atoms with van der Waals surface area (Å²) in [5, 5.41) is 20.6. The van der Waals surface area contributed by atoms with Crippen molar-refractivity contribution in [3.63, 3.8) is 0 Å². The summed E-state index contributed by atoms with van der Waals surface area (Å²) in [7, 11) is 0. The molecule has 3 N–H and O–H groups in total. The number of rotatable bonds is 5. The number of carbonyl (C=O) groups excluding carboxylic acids is 1. The Kier molecular flexibility index (Phi) is 4.55. The first kappa shape index (κ1) is 12.3. The molecule has 0 saturated carbocycles. The quantitative estimate of drug-likeness (QED) is 0.686. The van der Waals surface area contributed by atoms with E-state index in [4.69, 9.17) is 5.26 Å². The summed E-state index contributed by atoms with van der Waals surface area (Å²) in [4.78, 5) is 14.2. The Labute approximate surface area is 94.1 Å². The maximum absolute atomic E-state index is 11.5. The third-order valence-corrected chi connectivity index (χ3v) is 2.19. The lowest BCUT2D eigenvalue weighted by molar-refractivity contribution is 0.0910. The summed E-state index contributed by atoms with van der Waals surface area (Å²) in [6.07, 6.45) is 2.50.